The van der Waals surface area contributed by atoms with Gasteiger partial charge in [0.1, 0.15) is 6.04 Å². The van der Waals surface area contributed by atoms with Gasteiger partial charge in [0, 0.05) is 6.54 Å². The van der Waals surface area contributed by atoms with Crippen molar-refractivity contribution >= 4 is 11.9 Å². The lowest BCUT2D eigenvalue weighted by Gasteiger charge is -2.19. The fourth-order valence-corrected chi connectivity index (χ4v) is 1.74. The van der Waals surface area contributed by atoms with Crippen molar-refractivity contribution in [3.8, 4) is 0 Å². The van der Waals surface area contributed by atoms with Gasteiger partial charge in [-0.1, -0.05) is 26.7 Å². The molecule has 0 aromatic heterocycles. The average Bonchev–Trinajstić information content (AvgIpc) is 2.42. The molecule has 0 aromatic rings. The van der Waals surface area contributed by atoms with E-state index in [1.54, 1.807) is 4.90 Å². The molecule has 1 atom stereocenters. The molecule has 0 aliphatic carbocycles. The molecule has 0 aromatic carbocycles. The molecular weight excluding hydrogens is 180 g/mol. The number of unbranched alkanes of at least 4 members (excludes halogenated alkanes) is 2. The lowest BCUT2D eigenvalue weighted by Crippen LogP contribution is -2.35. The third-order valence-corrected chi connectivity index (χ3v) is 2.56. The molecule has 80 valence electrons. The maximum absolute atomic E-state index is 11.3. The molecule has 3 amide bonds. The third-order valence-electron chi connectivity index (χ3n) is 2.56. The van der Waals surface area contributed by atoms with Crippen LogP contribution in [0, 0.1) is 0 Å². The molecule has 1 aliphatic heterocycles. The molecule has 14 heavy (non-hydrogen) atoms. The first-order valence-corrected chi connectivity index (χ1v) is 5.32. The highest BCUT2D eigenvalue weighted by Gasteiger charge is 2.36. The van der Waals surface area contributed by atoms with Crippen LogP contribution < -0.4 is 5.32 Å². The van der Waals surface area contributed by atoms with Gasteiger partial charge in [-0.15, -0.1) is 0 Å². The second kappa shape index (κ2) is 4.98. The van der Waals surface area contributed by atoms with E-state index in [2.05, 4.69) is 12.2 Å². The fraction of sp³-hybridized carbons (Fsp3) is 0.800. The number of carbonyl (C=O) groups is 2. The maximum atomic E-state index is 11.3. The highest BCUT2D eigenvalue weighted by atomic mass is 16.2. The van der Waals surface area contributed by atoms with E-state index in [1.165, 1.54) is 0 Å². The SMILES string of the molecule is CCCCCN1C(=O)NC(=O)C1CC. The molecule has 1 rings (SSSR count). The summed E-state index contributed by atoms with van der Waals surface area (Å²) >= 11 is 0. The summed E-state index contributed by atoms with van der Waals surface area (Å²) in [6.07, 6.45) is 3.91. The van der Waals surface area contributed by atoms with Gasteiger partial charge in [0.15, 0.2) is 0 Å². The van der Waals surface area contributed by atoms with E-state index in [0.717, 1.165) is 19.3 Å². The normalized spacial score (nSPS) is 21.6. The summed E-state index contributed by atoms with van der Waals surface area (Å²) in [5.74, 6) is -0.144. The molecule has 0 saturated carbocycles. The average molecular weight is 198 g/mol. The Labute approximate surface area is 84.7 Å². The fourth-order valence-electron chi connectivity index (χ4n) is 1.74. The van der Waals surface area contributed by atoms with Gasteiger partial charge in [-0.25, -0.2) is 4.79 Å². The molecule has 1 saturated heterocycles. The Balaban J connectivity index is 2.48. The van der Waals surface area contributed by atoms with Crippen LogP contribution in [0.5, 0.6) is 0 Å². The van der Waals surface area contributed by atoms with Crippen LogP contribution in [0.4, 0.5) is 4.79 Å². The highest BCUT2D eigenvalue weighted by molar-refractivity contribution is 6.04. The van der Waals surface area contributed by atoms with Gasteiger partial charge in [-0.2, -0.15) is 0 Å². The summed E-state index contributed by atoms with van der Waals surface area (Å²) in [5.41, 5.74) is 0. The van der Waals surface area contributed by atoms with Gasteiger partial charge >= 0.3 is 6.03 Å². The summed E-state index contributed by atoms with van der Waals surface area (Å²) in [4.78, 5) is 24.3. The monoisotopic (exact) mass is 198 g/mol. The van der Waals surface area contributed by atoms with Crippen molar-refractivity contribution in [3.05, 3.63) is 0 Å². The molecule has 0 spiro atoms. The van der Waals surface area contributed by atoms with E-state index < -0.39 is 0 Å². The predicted molar refractivity (Wildman–Crippen MR) is 53.8 cm³/mol. The molecule has 1 unspecified atom stereocenters. The Morgan fingerprint density at radius 1 is 1.29 bits per heavy atom. The zero-order valence-corrected chi connectivity index (χ0v) is 8.88. The molecular formula is C10H18N2O2. The largest absolute Gasteiger partial charge is 0.324 e. The van der Waals surface area contributed by atoms with Crippen molar-refractivity contribution in [1.29, 1.82) is 0 Å². The third kappa shape index (κ3) is 2.25. The maximum Gasteiger partial charge on any atom is 0.324 e. The summed E-state index contributed by atoms with van der Waals surface area (Å²) in [7, 11) is 0. The van der Waals surface area contributed by atoms with Crippen LogP contribution in [-0.2, 0) is 4.79 Å². The Morgan fingerprint density at radius 3 is 2.57 bits per heavy atom. The van der Waals surface area contributed by atoms with Gasteiger partial charge in [-0.05, 0) is 12.8 Å². The summed E-state index contributed by atoms with van der Waals surface area (Å²) < 4.78 is 0. The lowest BCUT2D eigenvalue weighted by molar-refractivity contribution is -0.121. The molecule has 0 bridgehead atoms. The minimum Gasteiger partial charge on any atom is -0.312 e. The number of urea groups is 1. The predicted octanol–water partition coefficient (Wildman–Crippen LogP) is 1.51. The van der Waals surface area contributed by atoms with Crippen molar-refractivity contribution in [2.45, 2.75) is 45.6 Å². The molecule has 1 aliphatic rings. The van der Waals surface area contributed by atoms with Gasteiger partial charge in [0.05, 0.1) is 0 Å². The number of imide groups is 1. The van der Waals surface area contributed by atoms with Crippen molar-refractivity contribution in [3.63, 3.8) is 0 Å². The zero-order valence-electron chi connectivity index (χ0n) is 8.88. The summed E-state index contributed by atoms with van der Waals surface area (Å²) in [5, 5.41) is 2.34. The quantitative estimate of drug-likeness (QED) is 0.537. The van der Waals surface area contributed by atoms with E-state index in [9.17, 15) is 9.59 Å². The van der Waals surface area contributed by atoms with Crippen LogP contribution in [0.2, 0.25) is 0 Å². The number of nitrogens with one attached hydrogen (secondary N) is 1. The van der Waals surface area contributed by atoms with E-state index >= 15 is 0 Å². The van der Waals surface area contributed by atoms with Crippen molar-refractivity contribution in [2.75, 3.05) is 6.54 Å². The summed E-state index contributed by atoms with van der Waals surface area (Å²) in [6.45, 7) is 4.74. The molecule has 0 radical (unpaired) electrons. The molecule has 4 nitrogen and oxygen atoms in total. The molecule has 4 heteroatoms. The first kappa shape index (κ1) is 11.0. The van der Waals surface area contributed by atoms with Crippen LogP contribution >= 0.6 is 0 Å². The number of hydrogen-bond donors (Lipinski definition) is 1. The van der Waals surface area contributed by atoms with E-state index in [1.807, 2.05) is 6.92 Å². The topological polar surface area (TPSA) is 49.4 Å². The van der Waals surface area contributed by atoms with Crippen molar-refractivity contribution in [2.24, 2.45) is 0 Å². The standard InChI is InChI=1S/C10H18N2O2/c1-3-5-6-7-12-8(4-2)9(13)11-10(12)14/h8H,3-7H2,1-2H3,(H,11,13,14). The molecule has 1 N–H and O–H groups in total. The Bertz CT molecular complexity index is 228. The van der Waals surface area contributed by atoms with Crippen LogP contribution in [0.15, 0.2) is 0 Å². The number of nitrogens with zero attached hydrogens (tertiary/aromatic N) is 1. The summed E-state index contributed by atoms with van der Waals surface area (Å²) in [6, 6.07) is -0.461. The number of amides is 3. The van der Waals surface area contributed by atoms with Crippen molar-refractivity contribution in [1.82, 2.24) is 10.2 Å². The number of rotatable bonds is 5. The first-order valence-electron chi connectivity index (χ1n) is 5.32. The van der Waals surface area contributed by atoms with E-state index in [0.29, 0.717) is 13.0 Å². The van der Waals surface area contributed by atoms with Gasteiger partial charge in [0.2, 0.25) is 0 Å². The number of hydrogen-bond acceptors (Lipinski definition) is 2. The highest BCUT2D eigenvalue weighted by Crippen LogP contribution is 2.13. The Morgan fingerprint density at radius 2 is 2.00 bits per heavy atom. The van der Waals surface area contributed by atoms with Crippen LogP contribution in [0.3, 0.4) is 0 Å². The van der Waals surface area contributed by atoms with Crippen LogP contribution in [0.1, 0.15) is 39.5 Å². The van der Waals surface area contributed by atoms with Gasteiger partial charge < -0.3 is 4.90 Å². The smallest absolute Gasteiger partial charge is 0.312 e. The lowest BCUT2D eigenvalue weighted by atomic mass is 10.2. The van der Waals surface area contributed by atoms with Gasteiger partial charge in [0.25, 0.3) is 5.91 Å². The second-order valence-corrected chi connectivity index (χ2v) is 3.62. The van der Waals surface area contributed by atoms with Crippen LogP contribution in [0.25, 0.3) is 0 Å². The number of carbonyl (C=O) groups excluding carboxylic acids is 2. The second-order valence-electron chi connectivity index (χ2n) is 3.62. The Kier molecular flexibility index (Phi) is 3.92. The van der Waals surface area contributed by atoms with Crippen LogP contribution in [-0.4, -0.2) is 29.4 Å². The first-order chi connectivity index (χ1) is 6.70. The van der Waals surface area contributed by atoms with Crippen molar-refractivity contribution < 1.29 is 9.59 Å². The van der Waals surface area contributed by atoms with E-state index in [4.69, 9.17) is 0 Å². The zero-order chi connectivity index (χ0) is 10.6. The molecule has 1 heterocycles. The Hall–Kier alpha value is -1.06. The molecule has 1 fully saturated rings. The van der Waals surface area contributed by atoms with E-state index in [-0.39, 0.29) is 18.0 Å². The minimum absolute atomic E-state index is 0.144. The minimum atomic E-state index is -0.237. The van der Waals surface area contributed by atoms with Gasteiger partial charge in [-0.3, -0.25) is 10.1 Å².